The minimum absolute atomic E-state index is 0.577. The molecule has 1 aliphatic rings. The van der Waals surface area contributed by atoms with Gasteiger partial charge in [0.1, 0.15) is 5.60 Å². The van der Waals surface area contributed by atoms with Crippen LogP contribution in [0.4, 0.5) is 0 Å². The van der Waals surface area contributed by atoms with Gasteiger partial charge in [0.05, 0.1) is 18.2 Å². The van der Waals surface area contributed by atoms with Crippen molar-refractivity contribution < 1.29 is 9.84 Å². The van der Waals surface area contributed by atoms with Gasteiger partial charge >= 0.3 is 0 Å². The molecule has 0 unspecified atom stereocenters. The highest BCUT2D eigenvalue weighted by Gasteiger charge is 2.26. The normalized spacial score (nSPS) is 17.0. The lowest BCUT2D eigenvalue weighted by atomic mass is 9.85. The molecule has 0 aliphatic heterocycles. The van der Waals surface area contributed by atoms with Crippen molar-refractivity contribution in [3.63, 3.8) is 0 Å². The smallest absolute Gasteiger partial charge is 0.213 e. The van der Waals surface area contributed by atoms with Crippen molar-refractivity contribution in [1.82, 2.24) is 4.98 Å². The van der Waals surface area contributed by atoms with E-state index in [2.05, 4.69) is 16.8 Å². The van der Waals surface area contributed by atoms with Crippen LogP contribution < -0.4 is 4.74 Å². The number of benzene rings is 1. The Kier molecular flexibility index (Phi) is 3.81. The molecule has 1 aliphatic carbocycles. The van der Waals surface area contributed by atoms with Gasteiger partial charge in [-0.05, 0) is 37.8 Å². The third kappa shape index (κ3) is 3.01. The quantitative estimate of drug-likeness (QED) is 0.816. The van der Waals surface area contributed by atoms with Gasteiger partial charge in [-0.25, -0.2) is 4.98 Å². The summed E-state index contributed by atoms with van der Waals surface area (Å²) in [5.41, 5.74) is 0.827. The van der Waals surface area contributed by atoms with Crippen LogP contribution >= 0.6 is 0 Å². The summed E-state index contributed by atoms with van der Waals surface area (Å²) in [5.74, 6) is 6.78. The molecule has 1 fully saturated rings. The molecular formula is C18H19NO2. The first-order valence-electron chi connectivity index (χ1n) is 7.40. The Balaban J connectivity index is 2.00. The van der Waals surface area contributed by atoms with Crippen LogP contribution in [0.3, 0.4) is 0 Å². The van der Waals surface area contributed by atoms with Gasteiger partial charge in [0.25, 0.3) is 0 Å². The number of aromatic nitrogens is 1. The summed E-state index contributed by atoms with van der Waals surface area (Å²) in [6.45, 7) is 0. The van der Waals surface area contributed by atoms with E-state index in [0.717, 1.165) is 42.1 Å². The van der Waals surface area contributed by atoms with Crippen LogP contribution in [0.5, 0.6) is 5.88 Å². The van der Waals surface area contributed by atoms with E-state index < -0.39 is 5.60 Å². The van der Waals surface area contributed by atoms with Crippen LogP contribution in [0, 0.1) is 11.8 Å². The van der Waals surface area contributed by atoms with Gasteiger partial charge in [0, 0.05) is 11.5 Å². The van der Waals surface area contributed by atoms with Crippen LogP contribution in [-0.2, 0) is 0 Å². The zero-order valence-electron chi connectivity index (χ0n) is 12.2. The minimum atomic E-state index is -0.834. The van der Waals surface area contributed by atoms with E-state index in [1.807, 2.05) is 30.3 Å². The van der Waals surface area contributed by atoms with E-state index >= 15 is 0 Å². The highest BCUT2D eigenvalue weighted by molar-refractivity contribution is 5.85. The predicted octanol–water partition coefficient (Wildman–Crippen LogP) is 3.29. The SMILES string of the molecule is COc1ccc2cccc(C#CC3(O)CCCCC3)c2n1. The molecule has 1 aromatic heterocycles. The molecule has 1 heterocycles. The van der Waals surface area contributed by atoms with E-state index in [-0.39, 0.29) is 0 Å². The average molecular weight is 281 g/mol. The molecule has 2 aromatic rings. The molecule has 0 saturated heterocycles. The Morgan fingerprint density at radius 3 is 2.71 bits per heavy atom. The third-order valence-electron chi connectivity index (χ3n) is 4.01. The number of hydrogen-bond donors (Lipinski definition) is 1. The van der Waals surface area contributed by atoms with Crippen molar-refractivity contribution in [1.29, 1.82) is 0 Å². The molecule has 0 atom stereocenters. The number of methoxy groups -OCH3 is 1. The van der Waals surface area contributed by atoms with Gasteiger partial charge in [0.15, 0.2) is 0 Å². The van der Waals surface area contributed by atoms with Gasteiger partial charge in [0.2, 0.25) is 5.88 Å². The zero-order valence-corrected chi connectivity index (χ0v) is 12.2. The molecule has 0 radical (unpaired) electrons. The number of fused-ring (bicyclic) bond motifs is 1. The minimum Gasteiger partial charge on any atom is -0.481 e. The number of para-hydroxylation sites is 1. The van der Waals surface area contributed by atoms with Crippen LogP contribution in [0.1, 0.15) is 37.7 Å². The second-order valence-electron chi connectivity index (χ2n) is 5.57. The number of nitrogens with zero attached hydrogens (tertiary/aromatic N) is 1. The Hall–Kier alpha value is -2.05. The first kappa shape index (κ1) is 13.9. The first-order valence-corrected chi connectivity index (χ1v) is 7.40. The fourth-order valence-corrected chi connectivity index (χ4v) is 2.79. The summed E-state index contributed by atoms with van der Waals surface area (Å²) >= 11 is 0. The monoisotopic (exact) mass is 281 g/mol. The van der Waals surface area contributed by atoms with Gasteiger partial charge in [-0.1, -0.05) is 30.4 Å². The lowest BCUT2D eigenvalue weighted by Gasteiger charge is -2.26. The zero-order chi connectivity index (χ0) is 14.7. The first-order chi connectivity index (χ1) is 10.2. The van der Waals surface area contributed by atoms with Crippen LogP contribution in [-0.4, -0.2) is 22.8 Å². The van der Waals surface area contributed by atoms with Gasteiger partial charge in [-0.2, -0.15) is 0 Å². The highest BCUT2D eigenvalue weighted by Crippen LogP contribution is 2.27. The molecule has 0 spiro atoms. The van der Waals surface area contributed by atoms with Gasteiger partial charge in [-0.15, -0.1) is 0 Å². The van der Waals surface area contributed by atoms with Crippen molar-refractivity contribution >= 4 is 10.9 Å². The Labute approximate surface area is 125 Å². The molecular weight excluding hydrogens is 262 g/mol. The van der Waals surface area contributed by atoms with Crippen LogP contribution in [0.25, 0.3) is 10.9 Å². The van der Waals surface area contributed by atoms with Crippen molar-refractivity contribution in [2.75, 3.05) is 7.11 Å². The maximum Gasteiger partial charge on any atom is 0.213 e. The molecule has 1 N–H and O–H groups in total. The molecule has 1 aromatic carbocycles. The number of rotatable bonds is 1. The molecule has 21 heavy (non-hydrogen) atoms. The van der Waals surface area contributed by atoms with Gasteiger partial charge in [-0.3, -0.25) is 0 Å². The van der Waals surface area contributed by atoms with Crippen molar-refractivity contribution in [3.8, 4) is 17.7 Å². The van der Waals surface area contributed by atoms with Crippen molar-refractivity contribution in [2.24, 2.45) is 0 Å². The Morgan fingerprint density at radius 2 is 1.95 bits per heavy atom. The number of pyridine rings is 1. The molecule has 3 nitrogen and oxygen atoms in total. The van der Waals surface area contributed by atoms with Gasteiger partial charge < -0.3 is 9.84 Å². The van der Waals surface area contributed by atoms with E-state index in [0.29, 0.717) is 5.88 Å². The van der Waals surface area contributed by atoms with E-state index in [1.165, 1.54) is 6.42 Å². The summed E-state index contributed by atoms with van der Waals surface area (Å²) in [7, 11) is 1.60. The number of aliphatic hydroxyl groups is 1. The summed E-state index contributed by atoms with van der Waals surface area (Å²) in [5, 5.41) is 11.5. The fourth-order valence-electron chi connectivity index (χ4n) is 2.79. The highest BCUT2D eigenvalue weighted by atomic mass is 16.5. The lowest BCUT2D eigenvalue weighted by Crippen LogP contribution is -2.29. The maximum atomic E-state index is 10.5. The lowest BCUT2D eigenvalue weighted by molar-refractivity contribution is 0.0610. The third-order valence-corrected chi connectivity index (χ3v) is 4.01. The summed E-state index contributed by atoms with van der Waals surface area (Å²) < 4.78 is 5.18. The molecule has 3 rings (SSSR count). The van der Waals surface area contributed by atoms with E-state index in [1.54, 1.807) is 7.11 Å². The van der Waals surface area contributed by atoms with Crippen molar-refractivity contribution in [2.45, 2.75) is 37.7 Å². The fraction of sp³-hybridized carbons (Fsp3) is 0.389. The second-order valence-corrected chi connectivity index (χ2v) is 5.57. The largest absolute Gasteiger partial charge is 0.481 e. The standard InChI is InChI=1S/C18H19NO2/c1-21-16-9-8-14-6-5-7-15(17(14)19-16)10-13-18(20)11-3-2-4-12-18/h5-9,20H,2-4,11-12H2,1H3. The number of hydrogen-bond acceptors (Lipinski definition) is 3. The molecule has 108 valence electrons. The molecule has 0 bridgehead atoms. The Morgan fingerprint density at radius 1 is 1.14 bits per heavy atom. The van der Waals surface area contributed by atoms with Crippen LogP contribution in [0.2, 0.25) is 0 Å². The second kappa shape index (κ2) is 5.75. The van der Waals surface area contributed by atoms with E-state index in [4.69, 9.17) is 4.74 Å². The summed E-state index contributed by atoms with van der Waals surface area (Å²) in [6, 6.07) is 9.72. The summed E-state index contributed by atoms with van der Waals surface area (Å²) in [4.78, 5) is 4.47. The molecule has 0 amide bonds. The van der Waals surface area contributed by atoms with E-state index in [9.17, 15) is 5.11 Å². The predicted molar refractivity (Wildman–Crippen MR) is 83.2 cm³/mol. The van der Waals surface area contributed by atoms with Crippen molar-refractivity contribution in [3.05, 3.63) is 35.9 Å². The number of ether oxygens (including phenoxy) is 1. The Bertz CT molecular complexity index is 706. The molecule has 3 heteroatoms. The average Bonchev–Trinajstić information content (AvgIpc) is 2.53. The topological polar surface area (TPSA) is 42.4 Å². The van der Waals surface area contributed by atoms with Crippen LogP contribution in [0.15, 0.2) is 30.3 Å². The molecule has 1 saturated carbocycles. The summed E-state index contributed by atoms with van der Waals surface area (Å²) in [6.07, 6.45) is 4.82. The maximum absolute atomic E-state index is 10.5.